The Kier molecular flexibility index (Phi) is 11.6. The Hall–Kier alpha value is -6.74. The molecule has 0 N–H and O–H groups in total. The molecule has 1 heterocycles. The van der Waals surface area contributed by atoms with Crippen LogP contribution in [-0.4, -0.2) is 56.4 Å². The molecule has 1 aliphatic carbocycles. The van der Waals surface area contributed by atoms with E-state index in [9.17, 15) is 14.0 Å². The molecule has 1 saturated heterocycles. The van der Waals surface area contributed by atoms with Crippen LogP contribution in [0.25, 0.3) is 21.5 Å². The van der Waals surface area contributed by atoms with Crippen LogP contribution in [0.5, 0.6) is 17.2 Å². The third-order valence-corrected chi connectivity index (χ3v) is 10.2. The van der Waals surface area contributed by atoms with Gasteiger partial charge in [0.05, 0.1) is 47.9 Å². The zero-order valence-electron chi connectivity index (χ0n) is 31.4. The minimum absolute atomic E-state index is 0.0712. The Morgan fingerprint density at radius 2 is 1.47 bits per heavy atom. The van der Waals surface area contributed by atoms with Gasteiger partial charge in [-0.05, 0) is 107 Å². The maximum Gasteiger partial charge on any atom is 0.343 e. The highest BCUT2D eigenvalue weighted by molar-refractivity contribution is 6.13. The molecule has 0 aromatic heterocycles. The summed E-state index contributed by atoms with van der Waals surface area (Å²) in [7, 11) is 0. The van der Waals surface area contributed by atoms with Crippen LogP contribution in [0, 0.1) is 23.1 Å². The summed E-state index contributed by atoms with van der Waals surface area (Å²) in [5, 5.41) is 21.8. The van der Waals surface area contributed by atoms with Crippen LogP contribution in [-0.2, 0) is 9.47 Å². The van der Waals surface area contributed by atoms with E-state index in [-0.39, 0.29) is 33.8 Å². The number of esters is 2. The Morgan fingerprint density at radius 3 is 2.21 bits per heavy atom. The predicted octanol–water partition coefficient (Wildman–Crippen LogP) is 9.25. The number of nitriles is 1. The monoisotopic (exact) mass is 775 g/mol. The van der Waals surface area contributed by atoms with E-state index >= 15 is 0 Å². The second kappa shape index (κ2) is 17.6. The molecule has 8 rings (SSSR count). The van der Waals surface area contributed by atoms with Gasteiger partial charge in [-0.1, -0.05) is 48.5 Å². The quantitative estimate of drug-likeness (QED) is 0.0204. The first-order valence-corrected chi connectivity index (χ1v) is 19.1. The standard InChI is InChI=1S/C47H38FN3O7/c48-42-25-38(17-13-35(42)26-49)56-47(53)34-14-19-43(36(24-34)27-50-51-28-41-39-8-3-1-6-32(39)23-33-7-2-4-9-40(33)41)58-46(52)31-11-15-37(16-12-31)55-21-5-20-54-29-30-10-18-44-45(22-30)57-44/h1-4,6-9,11-17,19,23-25,27-28,30,44-45H,5,10,18,20-22,29H2/b50-27+,51-28+. The SMILES string of the molecule is N#Cc1ccc(OC(=O)c2ccc(OC(=O)c3ccc(OCCCOCC4CCC5OC5C4)cc3)c(/C=N/N=C/c3c4ccccc4cc4ccccc34)c2)cc1F. The molecule has 3 unspecified atom stereocenters. The highest BCUT2D eigenvalue weighted by Gasteiger charge is 2.43. The molecular formula is C47H38FN3O7. The number of epoxide rings is 1. The number of rotatable bonds is 14. The van der Waals surface area contributed by atoms with Crippen LogP contribution < -0.4 is 14.2 Å². The average Bonchev–Trinajstić information content (AvgIpc) is 4.03. The van der Waals surface area contributed by atoms with E-state index in [0.717, 1.165) is 65.5 Å². The third-order valence-electron chi connectivity index (χ3n) is 10.2. The van der Waals surface area contributed by atoms with Gasteiger partial charge in [0.1, 0.15) is 29.1 Å². The Labute approximate surface area is 334 Å². The molecule has 2 aliphatic rings. The van der Waals surface area contributed by atoms with Gasteiger partial charge in [-0.15, -0.1) is 0 Å². The molecule has 3 atom stereocenters. The van der Waals surface area contributed by atoms with Crippen LogP contribution in [0.3, 0.4) is 0 Å². The summed E-state index contributed by atoms with van der Waals surface area (Å²) >= 11 is 0. The molecule has 11 heteroatoms. The van der Waals surface area contributed by atoms with Gasteiger partial charge in [0.15, 0.2) is 0 Å². The topological polar surface area (TPSA) is 132 Å². The molecule has 0 radical (unpaired) electrons. The number of hydrogen-bond acceptors (Lipinski definition) is 10. The molecule has 6 aromatic rings. The van der Waals surface area contributed by atoms with Crippen LogP contribution in [0.1, 0.15) is 63.1 Å². The maximum absolute atomic E-state index is 14.2. The van der Waals surface area contributed by atoms with Gasteiger partial charge >= 0.3 is 11.9 Å². The fourth-order valence-electron chi connectivity index (χ4n) is 7.15. The van der Waals surface area contributed by atoms with Gasteiger partial charge < -0.3 is 23.7 Å². The van der Waals surface area contributed by atoms with Crippen molar-refractivity contribution < 1.29 is 37.7 Å². The smallest absolute Gasteiger partial charge is 0.343 e. The van der Waals surface area contributed by atoms with Crippen molar-refractivity contribution in [2.24, 2.45) is 16.1 Å². The summed E-state index contributed by atoms with van der Waals surface area (Å²) in [4.78, 5) is 26.5. The predicted molar refractivity (Wildman–Crippen MR) is 217 cm³/mol. The number of benzene rings is 6. The molecule has 1 aliphatic heterocycles. The molecule has 0 amide bonds. The largest absolute Gasteiger partial charge is 0.494 e. The van der Waals surface area contributed by atoms with Gasteiger partial charge in [0.2, 0.25) is 0 Å². The summed E-state index contributed by atoms with van der Waals surface area (Å²) in [6, 6.07) is 34.3. The molecule has 58 heavy (non-hydrogen) atoms. The van der Waals surface area contributed by atoms with Crippen molar-refractivity contribution in [2.45, 2.75) is 37.9 Å². The second-order valence-corrected chi connectivity index (χ2v) is 14.2. The minimum atomic E-state index is -0.818. The molecule has 10 nitrogen and oxygen atoms in total. The average molecular weight is 776 g/mol. The lowest BCUT2D eigenvalue weighted by molar-refractivity contribution is 0.0730. The zero-order chi connectivity index (χ0) is 39.8. The third kappa shape index (κ3) is 9.10. The van der Waals surface area contributed by atoms with E-state index in [4.69, 9.17) is 28.9 Å². The van der Waals surface area contributed by atoms with Gasteiger partial charge in [-0.25, -0.2) is 14.0 Å². The van der Waals surface area contributed by atoms with Gasteiger partial charge in [0, 0.05) is 36.8 Å². The lowest BCUT2D eigenvalue weighted by atomic mass is 9.90. The first-order chi connectivity index (χ1) is 28.4. The van der Waals surface area contributed by atoms with Crippen molar-refractivity contribution in [3.05, 3.63) is 149 Å². The number of carbonyl (C=O) groups is 2. The van der Waals surface area contributed by atoms with Crippen molar-refractivity contribution in [2.75, 3.05) is 19.8 Å². The molecule has 6 aromatic carbocycles. The summed E-state index contributed by atoms with van der Waals surface area (Å²) in [5.41, 5.74) is 1.31. The molecule has 290 valence electrons. The first-order valence-electron chi connectivity index (χ1n) is 19.1. The van der Waals surface area contributed by atoms with E-state index in [1.807, 2.05) is 48.5 Å². The van der Waals surface area contributed by atoms with Crippen LogP contribution in [0.2, 0.25) is 0 Å². The number of carbonyl (C=O) groups excluding carboxylic acids is 2. The van der Waals surface area contributed by atoms with E-state index in [2.05, 4.69) is 16.3 Å². The minimum Gasteiger partial charge on any atom is -0.494 e. The number of fused-ring (bicyclic) bond motifs is 3. The summed E-state index contributed by atoms with van der Waals surface area (Å²) in [6.45, 7) is 1.83. The van der Waals surface area contributed by atoms with Crippen LogP contribution in [0.4, 0.5) is 4.39 Å². The molecule has 1 saturated carbocycles. The van der Waals surface area contributed by atoms with Crippen LogP contribution in [0.15, 0.2) is 125 Å². The number of nitrogens with zero attached hydrogens (tertiary/aromatic N) is 3. The van der Waals surface area contributed by atoms with Crippen molar-refractivity contribution in [1.82, 2.24) is 0 Å². The van der Waals surface area contributed by atoms with Crippen LogP contribution >= 0.6 is 0 Å². The fourth-order valence-corrected chi connectivity index (χ4v) is 7.15. The molecular weight excluding hydrogens is 738 g/mol. The van der Waals surface area contributed by atoms with Gasteiger partial charge in [0.25, 0.3) is 0 Å². The molecule has 2 fully saturated rings. The Morgan fingerprint density at radius 1 is 0.759 bits per heavy atom. The Bertz CT molecular complexity index is 2530. The van der Waals surface area contributed by atoms with Crippen molar-refractivity contribution >= 4 is 45.9 Å². The Balaban J connectivity index is 0.955. The highest BCUT2D eigenvalue weighted by Crippen LogP contribution is 2.39. The van der Waals surface area contributed by atoms with E-state index < -0.39 is 17.8 Å². The number of hydrogen-bond donors (Lipinski definition) is 0. The zero-order valence-corrected chi connectivity index (χ0v) is 31.4. The van der Waals surface area contributed by atoms with E-state index in [0.29, 0.717) is 37.1 Å². The second-order valence-electron chi connectivity index (χ2n) is 14.2. The normalized spacial score (nSPS) is 17.3. The van der Waals surface area contributed by atoms with Crippen molar-refractivity contribution in [3.8, 4) is 23.3 Å². The summed E-state index contributed by atoms with van der Waals surface area (Å²) < 4.78 is 42.8. The number of halogens is 1. The lowest BCUT2D eigenvalue weighted by Gasteiger charge is -2.18. The van der Waals surface area contributed by atoms with Gasteiger partial charge in [-0.3, -0.25) is 0 Å². The maximum atomic E-state index is 14.2. The van der Waals surface area contributed by atoms with E-state index in [1.54, 1.807) is 36.5 Å². The lowest BCUT2D eigenvalue weighted by Crippen LogP contribution is -2.19. The highest BCUT2D eigenvalue weighted by atomic mass is 19.1. The summed E-state index contributed by atoms with van der Waals surface area (Å²) in [5.74, 6) is -1.07. The summed E-state index contributed by atoms with van der Waals surface area (Å²) in [6.07, 6.45) is 8.09. The molecule has 0 bridgehead atoms. The fraction of sp³-hybridized carbons (Fsp3) is 0.213. The van der Waals surface area contributed by atoms with Crippen molar-refractivity contribution in [3.63, 3.8) is 0 Å². The first kappa shape index (κ1) is 38.1. The van der Waals surface area contributed by atoms with Gasteiger partial charge in [-0.2, -0.15) is 15.5 Å². The number of ether oxygens (including phenoxy) is 5. The van der Waals surface area contributed by atoms with E-state index in [1.165, 1.54) is 36.5 Å². The molecule has 0 spiro atoms. The van der Waals surface area contributed by atoms with Crippen molar-refractivity contribution in [1.29, 1.82) is 5.26 Å².